The van der Waals surface area contributed by atoms with Crippen LogP contribution < -0.4 is 16.0 Å². The molecule has 2 heterocycles. The number of rotatable bonds is 0. The Morgan fingerprint density at radius 1 is 1.14 bits per heavy atom. The maximum atomic E-state index is 5.69. The molecule has 0 atom stereocenters. The van der Waals surface area contributed by atoms with Crippen LogP contribution in [0.25, 0.3) is 23.2 Å². The van der Waals surface area contributed by atoms with E-state index in [0.717, 1.165) is 21.6 Å². The van der Waals surface area contributed by atoms with Gasteiger partial charge in [-0.3, -0.25) is 0 Å². The van der Waals surface area contributed by atoms with Crippen molar-refractivity contribution >= 4 is 23.2 Å². The van der Waals surface area contributed by atoms with Gasteiger partial charge in [-0.2, -0.15) is 0 Å². The Kier molecular flexibility index (Phi) is 1.47. The zero-order valence-corrected chi connectivity index (χ0v) is 7.53. The van der Waals surface area contributed by atoms with Gasteiger partial charge in [-0.15, -0.1) is 0 Å². The third-order valence-electron chi connectivity index (χ3n) is 2.33. The highest BCUT2D eigenvalue weighted by atomic mass is 16.3. The summed E-state index contributed by atoms with van der Waals surface area (Å²) in [5.41, 5.74) is 1.84. The Morgan fingerprint density at radius 3 is 3.07 bits per heavy atom. The minimum Gasteiger partial charge on any atom is -0.456 e. The molecule has 68 valence electrons. The molecule has 1 aromatic heterocycles. The van der Waals surface area contributed by atoms with E-state index in [9.17, 15) is 0 Å². The number of fused-ring (bicyclic) bond motifs is 3. The smallest absolute Gasteiger partial charge is 0.136 e. The summed E-state index contributed by atoms with van der Waals surface area (Å²) in [5, 5.41) is 5.35. The van der Waals surface area contributed by atoms with Crippen LogP contribution in [0.1, 0.15) is 0 Å². The molecule has 0 saturated heterocycles. The van der Waals surface area contributed by atoms with E-state index in [4.69, 9.17) is 4.42 Å². The Morgan fingerprint density at radius 2 is 2.07 bits per heavy atom. The minimum absolute atomic E-state index is 0.910. The molecule has 0 radical (unpaired) electrons. The van der Waals surface area contributed by atoms with E-state index in [0.29, 0.717) is 0 Å². The molecule has 0 spiro atoms. The SMILES string of the molecule is C1=CNC=c2c(oc3ccccc23)=C1. The van der Waals surface area contributed by atoms with Gasteiger partial charge in [0.15, 0.2) is 0 Å². The number of benzene rings is 1. The van der Waals surface area contributed by atoms with Crippen molar-refractivity contribution < 1.29 is 4.42 Å². The van der Waals surface area contributed by atoms with Crippen molar-refractivity contribution in [2.24, 2.45) is 0 Å². The number of allylic oxidation sites excluding steroid dienone is 1. The maximum Gasteiger partial charge on any atom is 0.136 e. The summed E-state index contributed by atoms with van der Waals surface area (Å²) < 4.78 is 5.69. The lowest BCUT2D eigenvalue weighted by Gasteiger charge is -1.86. The minimum atomic E-state index is 0.910. The first-order valence-corrected chi connectivity index (χ1v) is 4.56. The Hall–Kier alpha value is -1.96. The van der Waals surface area contributed by atoms with E-state index in [2.05, 4.69) is 11.4 Å². The van der Waals surface area contributed by atoms with Crippen LogP contribution in [0.15, 0.2) is 41.0 Å². The quantitative estimate of drug-likeness (QED) is 0.661. The van der Waals surface area contributed by atoms with Gasteiger partial charge >= 0.3 is 0 Å². The van der Waals surface area contributed by atoms with Crippen molar-refractivity contribution in [3.05, 3.63) is 47.2 Å². The molecular formula is C12H9NO. The standard InChI is InChI=1S/C12H9NO/c1-2-5-11-9(4-1)10-8-13-7-3-6-12(10)14-11/h1-8,13H. The van der Waals surface area contributed by atoms with Gasteiger partial charge in [-0.25, -0.2) is 0 Å². The summed E-state index contributed by atoms with van der Waals surface area (Å²) in [4.78, 5) is 0. The zero-order valence-electron chi connectivity index (χ0n) is 7.53. The van der Waals surface area contributed by atoms with Crippen molar-refractivity contribution in [2.45, 2.75) is 0 Å². The number of furan rings is 1. The van der Waals surface area contributed by atoms with Crippen molar-refractivity contribution in [3.8, 4) is 0 Å². The van der Waals surface area contributed by atoms with Gasteiger partial charge < -0.3 is 9.73 Å². The van der Waals surface area contributed by atoms with Crippen LogP contribution in [0.5, 0.6) is 0 Å². The molecule has 3 rings (SSSR count). The number of hydrogen-bond acceptors (Lipinski definition) is 2. The molecule has 2 nitrogen and oxygen atoms in total. The average molecular weight is 183 g/mol. The predicted octanol–water partition coefficient (Wildman–Crippen LogP) is 1.07. The van der Waals surface area contributed by atoms with Gasteiger partial charge in [-0.05, 0) is 18.2 Å². The predicted molar refractivity (Wildman–Crippen MR) is 56.7 cm³/mol. The first-order valence-electron chi connectivity index (χ1n) is 4.56. The van der Waals surface area contributed by atoms with Crippen LogP contribution in [0, 0.1) is 0 Å². The molecule has 2 heteroatoms. The van der Waals surface area contributed by atoms with E-state index < -0.39 is 0 Å². The number of para-hydroxylation sites is 1. The molecule has 0 bridgehead atoms. The second-order valence-corrected chi connectivity index (χ2v) is 3.21. The monoisotopic (exact) mass is 183 g/mol. The second-order valence-electron chi connectivity index (χ2n) is 3.21. The summed E-state index contributed by atoms with van der Waals surface area (Å²) >= 11 is 0. The highest BCUT2D eigenvalue weighted by Gasteiger charge is 2.01. The fraction of sp³-hybridized carbons (Fsp3) is 0. The van der Waals surface area contributed by atoms with E-state index >= 15 is 0 Å². The average Bonchev–Trinajstić information content (AvgIpc) is 2.42. The molecule has 2 aromatic rings. The first kappa shape index (κ1) is 7.44. The molecule has 0 aliphatic carbocycles. The molecule has 1 aromatic carbocycles. The van der Waals surface area contributed by atoms with Gasteiger partial charge in [0.1, 0.15) is 11.0 Å². The largest absolute Gasteiger partial charge is 0.456 e. The number of hydrogen-bond donors (Lipinski definition) is 1. The third-order valence-corrected chi connectivity index (χ3v) is 2.33. The second kappa shape index (κ2) is 2.77. The number of nitrogens with one attached hydrogen (secondary N) is 1. The van der Waals surface area contributed by atoms with E-state index in [1.807, 2.05) is 42.8 Å². The third kappa shape index (κ3) is 0.973. The molecule has 1 aliphatic heterocycles. The Bertz CT molecular complexity index is 619. The van der Waals surface area contributed by atoms with E-state index in [-0.39, 0.29) is 0 Å². The lowest BCUT2D eigenvalue weighted by Crippen LogP contribution is -2.20. The van der Waals surface area contributed by atoms with Crippen LogP contribution in [-0.4, -0.2) is 0 Å². The fourth-order valence-corrected chi connectivity index (χ4v) is 1.68. The van der Waals surface area contributed by atoms with Crippen molar-refractivity contribution in [2.75, 3.05) is 0 Å². The molecular weight excluding hydrogens is 174 g/mol. The molecule has 1 N–H and O–H groups in total. The van der Waals surface area contributed by atoms with Crippen molar-refractivity contribution in [1.82, 2.24) is 5.32 Å². The van der Waals surface area contributed by atoms with Crippen LogP contribution in [0.2, 0.25) is 0 Å². The van der Waals surface area contributed by atoms with Crippen molar-refractivity contribution in [1.29, 1.82) is 0 Å². The summed E-state index contributed by atoms with van der Waals surface area (Å²) in [6.45, 7) is 0. The molecule has 14 heavy (non-hydrogen) atoms. The Balaban J connectivity index is 2.57. The van der Waals surface area contributed by atoms with Crippen molar-refractivity contribution in [3.63, 3.8) is 0 Å². The fourth-order valence-electron chi connectivity index (χ4n) is 1.68. The van der Waals surface area contributed by atoms with Gasteiger partial charge in [-0.1, -0.05) is 18.2 Å². The normalized spacial score (nSPS) is 13.7. The van der Waals surface area contributed by atoms with Gasteiger partial charge in [0.25, 0.3) is 0 Å². The molecule has 1 aliphatic rings. The highest BCUT2D eigenvalue weighted by Crippen LogP contribution is 2.06. The van der Waals surface area contributed by atoms with Gasteiger partial charge in [0.05, 0.1) is 0 Å². The zero-order chi connectivity index (χ0) is 9.38. The van der Waals surface area contributed by atoms with Crippen LogP contribution >= 0.6 is 0 Å². The lowest BCUT2D eigenvalue weighted by molar-refractivity contribution is 0.576. The van der Waals surface area contributed by atoms with Crippen LogP contribution in [-0.2, 0) is 0 Å². The first-order chi connectivity index (χ1) is 6.95. The van der Waals surface area contributed by atoms with Crippen LogP contribution in [0.4, 0.5) is 0 Å². The maximum absolute atomic E-state index is 5.69. The summed E-state index contributed by atoms with van der Waals surface area (Å²) in [6, 6.07) is 8.04. The van der Waals surface area contributed by atoms with Crippen LogP contribution in [0.3, 0.4) is 0 Å². The summed E-state index contributed by atoms with van der Waals surface area (Å²) in [6.07, 6.45) is 7.74. The van der Waals surface area contributed by atoms with E-state index in [1.165, 1.54) is 0 Å². The molecule has 0 saturated carbocycles. The van der Waals surface area contributed by atoms with Gasteiger partial charge in [0.2, 0.25) is 0 Å². The molecule has 0 amide bonds. The van der Waals surface area contributed by atoms with E-state index in [1.54, 1.807) is 0 Å². The highest BCUT2D eigenvalue weighted by molar-refractivity contribution is 5.79. The molecule has 0 fully saturated rings. The molecule has 0 unspecified atom stereocenters. The summed E-state index contributed by atoms with van der Waals surface area (Å²) in [7, 11) is 0. The lowest BCUT2D eigenvalue weighted by atomic mass is 10.2. The topological polar surface area (TPSA) is 25.2 Å². The summed E-state index contributed by atoms with van der Waals surface area (Å²) in [5.74, 6) is 0. The Labute approximate surface area is 80.8 Å². The van der Waals surface area contributed by atoms with Gasteiger partial charge in [0, 0.05) is 23.0 Å².